The number of hydrogen-bond donors (Lipinski definition) is 1. The van der Waals surface area contributed by atoms with Crippen LogP contribution in [0.2, 0.25) is 0 Å². The van der Waals surface area contributed by atoms with Crippen molar-refractivity contribution >= 4 is 11.4 Å². The summed E-state index contributed by atoms with van der Waals surface area (Å²) in [7, 11) is 1.81. The van der Waals surface area contributed by atoms with E-state index in [0.717, 1.165) is 12.4 Å². The fraction of sp³-hybridized carbons (Fsp3) is 0.514. The summed E-state index contributed by atoms with van der Waals surface area (Å²) in [5.74, 6) is 2.43. The van der Waals surface area contributed by atoms with Gasteiger partial charge < -0.3 is 17.1 Å². The first kappa shape index (κ1) is 33.0. The van der Waals surface area contributed by atoms with E-state index in [9.17, 15) is 0 Å². The third-order valence-electron chi connectivity index (χ3n) is 8.44. The van der Waals surface area contributed by atoms with Crippen molar-refractivity contribution in [1.29, 1.82) is 0 Å². The number of quaternary nitrogens is 1. The Morgan fingerprint density at radius 3 is 1.71 bits per heavy atom. The molecule has 0 bridgehead atoms. The van der Waals surface area contributed by atoms with E-state index in [1.165, 1.54) is 55.4 Å². The van der Waals surface area contributed by atoms with E-state index in [-0.39, 0.29) is 23.2 Å². The molecule has 1 atom stereocenters. The number of allylic oxidation sites excluding steroid dienone is 3. The maximum absolute atomic E-state index is 6.06. The Bertz CT molecular complexity index is 1300. The maximum atomic E-state index is 6.06. The Kier molecular flexibility index (Phi) is 9.68. The lowest BCUT2D eigenvalue weighted by Crippen LogP contribution is -3.02. The van der Waals surface area contributed by atoms with Crippen molar-refractivity contribution < 1.29 is 22.0 Å². The van der Waals surface area contributed by atoms with E-state index < -0.39 is 0 Å². The summed E-state index contributed by atoms with van der Waals surface area (Å²) in [6.07, 6.45) is 9.23. The summed E-state index contributed by atoms with van der Waals surface area (Å²) in [5, 5.41) is 0. The van der Waals surface area contributed by atoms with Crippen LogP contribution < -0.4 is 22.0 Å². The number of benzene rings is 2. The minimum absolute atomic E-state index is 0. The summed E-state index contributed by atoms with van der Waals surface area (Å²) >= 11 is 0. The van der Waals surface area contributed by atoms with Gasteiger partial charge in [-0.3, -0.25) is 9.80 Å². The molecule has 4 heteroatoms. The molecule has 2 heterocycles. The molecule has 2 aromatic rings. The van der Waals surface area contributed by atoms with Crippen LogP contribution in [0.15, 0.2) is 54.4 Å². The minimum atomic E-state index is -0.0256. The SMILES string of the molecule is COc1c(C(C)(C)C)cc([NH+]2C=C3C=CC=C(c4c(C(C)C)cc(C(C)C)cc4C(C)C)N3C2)cc1C(C)(C)C.[Cl-]. The second-order valence-corrected chi connectivity index (χ2v) is 14.7. The predicted octanol–water partition coefficient (Wildman–Crippen LogP) is 5.91. The van der Waals surface area contributed by atoms with Gasteiger partial charge in [0.2, 0.25) is 0 Å². The predicted molar refractivity (Wildman–Crippen MR) is 172 cm³/mol. The number of halogens is 1. The van der Waals surface area contributed by atoms with E-state index in [2.05, 4.69) is 137 Å². The highest BCUT2D eigenvalue weighted by atomic mass is 35.5. The molecule has 41 heavy (non-hydrogen) atoms. The molecule has 3 nitrogen and oxygen atoms in total. The Labute approximate surface area is 256 Å². The molecular formula is C37H53ClN2O. The maximum Gasteiger partial charge on any atom is 0.166 e. The smallest absolute Gasteiger partial charge is 0.166 e. The number of fused-ring (bicyclic) bond motifs is 1. The molecule has 2 aliphatic rings. The van der Waals surface area contributed by atoms with Gasteiger partial charge in [0.1, 0.15) is 23.3 Å². The second-order valence-electron chi connectivity index (χ2n) is 14.7. The van der Waals surface area contributed by atoms with E-state index in [1.54, 1.807) is 0 Å². The molecule has 0 spiro atoms. The monoisotopic (exact) mass is 576 g/mol. The van der Waals surface area contributed by atoms with Crippen LogP contribution in [0.25, 0.3) is 5.70 Å². The number of methoxy groups -OCH3 is 1. The molecule has 0 fully saturated rings. The van der Waals surface area contributed by atoms with Gasteiger partial charge >= 0.3 is 0 Å². The quantitative estimate of drug-likeness (QED) is 0.461. The molecule has 2 aliphatic heterocycles. The van der Waals surface area contributed by atoms with Gasteiger partial charge in [-0.25, -0.2) is 0 Å². The van der Waals surface area contributed by atoms with Gasteiger partial charge in [-0.2, -0.15) is 0 Å². The molecular weight excluding hydrogens is 524 g/mol. The molecule has 0 amide bonds. The first-order chi connectivity index (χ1) is 18.5. The topological polar surface area (TPSA) is 16.9 Å². The van der Waals surface area contributed by atoms with Crippen LogP contribution in [0, 0.1) is 0 Å². The molecule has 0 saturated carbocycles. The number of hydrogen-bond acceptors (Lipinski definition) is 2. The van der Waals surface area contributed by atoms with E-state index in [4.69, 9.17) is 4.74 Å². The van der Waals surface area contributed by atoms with Crippen LogP contribution in [0.1, 0.15) is 134 Å². The molecule has 1 N–H and O–H groups in total. The number of nitrogens with one attached hydrogen (secondary N) is 1. The molecule has 4 rings (SSSR count). The van der Waals surface area contributed by atoms with Crippen molar-refractivity contribution in [2.75, 3.05) is 13.8 Å². The highest BCUT2D eigenvalue weighted by Crippen LogP contribution is 2.43. The zero-order valence-electron chi connectivity index (χ0n) is 27.8. The van der Waals surface area contributed by atoms with Crippen molar-refractivity contribution in [1.82, 2.24) is 4.90 Å². The summed E-state index contributed by atoms with van der Waals surface area (Å²) in [5.41, 5.74) is 12.2. The Hall–Kier alpha value is -2.49. The van der Waals surface area contributed by atoms with Crippen molar-refractivity contribution in [2.45, 2.75) is 112 Å². The minimum Gasteiger partial charge on any atom is -1.00 e. The third-order valence-corrected chi connectivity index (χ3v) is 8.44. The molecule has 0 radical (unpaired) electrons. The summed E-state index contributed by atoms with van der Waals surface area (Å²) in [4.78, 5) is 3.90. The van der Waals surface area contributed by atoms with Crippen molar-refractivity contribution in [3.8, 4) is 5.75 Å². The van der Waals surface area contributed by atoms with Crippen LogP contribution in [-0.2, 0) is 10.8 Å². The lowest BCUT2D eigenvalue weighted by molar-refractivity contribution is -0.776. The Balaban J connectivity index is 0.00000462. The normalized spacial score (nSPS) is 17.2. The van der Waals surface area contributed by atoms with Gasteiger partial charge in [-0.15, -0.1) is 0 Å². The van der Waals surface area contributed by atoms with Gasteiger partial charge in [0.15, 0.2) is 6.67 Å². The lowest BCUT2D eigenvalue weighted by atomic mass is 9.79. The van der Waals surface area contributed by atoms with Crippen LogP contribution >= 0.6 is 0 Å². The average Bonchev–Trinajstić information content (AvgIpc) is 3.30. The number of nitrogens with zero attached hydrogens (tertiary/aromatic N) is 1. The highest BCUT2D eigenvalue weighted by molar-refractivity contribution is 5.76. The summed E-state index contributed by atoms with van der Waals surface area (Å²) < 4.78 is 6.06. The van der Waals surface area contributed by atoms with Gasteiger partial charge in [-0.05, 0) is 57.4 Å². The van der Waals surface area contributed by atoms with E-state index >= 15 is 0 Å². The van der Waals surface area contributed by atoms with Crippen molar-refractivity contribution in [3.05, 3.63) is 87.8 Å². The fourth-order valence-corrected chi connectivity index (χ4v) is 6.05. The fourth-order valence-electron chi connectivity index (χ4n) is 6.05. The van der Waals surface area contributed by atoms with Crippen molar-refractivity contribution in [3.63, 3.8) is 0 Å². The van der Waals surface area contributed by atoms with E-state index in [1.807, 2.05) is 7.11 Å². The average molecular weight is 577 g/mol. The van der Waals surface area contributed by atoms with Crippen LogP contribution in [0.4, 0.5) is 5.69 Å². The zero-order valence-corrected chi connectivity index (χ0v) is 28.5. The summed E-state index contributed by atoms with van der Waals surface area (Å²) in [6, 6.07) is 9.69. The van der Waals surface area contributed by atoms with E-state index in [0.29, 0.717) is 17.8 Å². The Morgan fingerprint density at radius 1 is 0.780 bits per heavy atom. The molecule has 0 saturated heterocycles. The zero-order chi connectivity index (χ0) is 29.7. The summed E-state index contributed by atoms with van der Waals surface area (Å²) in [6.45, 7) is 28.5. The lowest BCUT2D eigenvalue weighted by Gasteiger charge is -2.31. The number of ether oxygens (including phenoxy) is 1. The van der Waals surface area contributed by atoms with Crippen LogP contribution in [-0.4, -0.2) is 18.7 Å². The first-order valence-electron chi connectivity index (χ1n) is 15.2. The molecule has 2 aromatic carbocycles. The van der Waals surface area contributed by atoms with Crippen LogP contribution in [0.3, 0.4) is 0 Å². The Morgan fingerprint density at radius 2 is 1.29 bits per heavy atom. The molecule has 224 valence electrons. The van der Waals surface area contributed by atoms with Gasteiger partial charge in [0, 0.05) is 28.8 Å². The second kappa shape index (κ2) is 12.0. The number of rotatable bonds is 6. The molecule has 0 aromatic heterocycles. The van der Waals surface area contributed by atoms with Crippen LogP contribution in [0.5, 0.6) is 5.75 Å². The standard InChI is InChI=1S/C37H52N2O.ClH/c1-23(2)26-17-29(24(3)4)34(30(18-26)25(5)6)33-16-14-15-27-21-38(22-39(27)33)28-19-31(36(7,8)9)35(40-13)32(20-28)37(10,11)12;/h14-21,23-25H,22H2,1-13H3;1H. The largest absolute Gasteiger partial charge is 1.00 e. The molecule has 1 unspecified atom stereocenters. The molecule has 0 aliphatic carbocycles. The first-order valence-corrected chi connectivity index (χ1v) is 15.2. The van der Waals surface area contributed by atoms with Gasteiger partial charge in [0.25, 0.3) is 0 Å². The third kappa shape index (κ3) is 6.47. The highest BCUT2D eigenvalue weighted by Gasteiger charge is 2.35. The van der Waals surface area contributed by atoms with Gasteiger partial charge in [0.05, 0.1) is 12.8 Å². The van der Waals surface area contributed by atoms with Gasteiger partial charge in [-0.1, -0.05) is 101 Å². The van der Waals surface area contributed by atoms with Crippen molar-refractivity contribution in [2.24, 2.45) is 0 Å².